The number of hydrogen-bond acceptors (Lipinski definition) is 2. The molecule has 1 rings (SSSR count). The summed E-state index contributed by atoms with van der Waals surface area (Å²) < 4.78 is 5.53. The van der Waals surface area contributed by atoms with Gasteiger partial charge in [-0.2, -0.15) is 0 Å². The first-order chi connectivity index (χ1) is 5.31. The van der Waals surface area contributed by atoms with Crippen LogP contribution in [0.2, 0.25) is 0 Å². The molecule has 0 saturated carbocycles. The molecule has 1 aliphatic rings. The highest BCUT2D eigenvalue weighted by molar-refractivity contribution is 5.82. The van der Waals surface area contributed by atoms with Crippen LogP contribution in [0.4, 0.5) is 0 Å². The average molecular weight is 169 g/mol. The molecular formula is C10H19NO. The van der Waals surface area contributed by atoms with E-state index in [1.54, 1.807) is 0 Å². The number of rotatable bonds is 0. The van der Waals surface area contributed by atoms with E-state index in [4.69, 9.17) is 4.74 Å². The van der Waals surface area contributed by atoms with Crippen LogP contribution in [0, 0.1) is 5.41 Å². The molecule has 0 atom stereocenters. The second kappa shape index (κ2) is 2.75. The zero-order chi connectivity index (χ0) is 9.41. The molecule has 0 aliphatic carbocycles. The summed E-state index contributed by atoms with van der Waals surface area (Å²) in [6, 6.07) is 0. The fourth-order valence-electron chi connectivity index (χ4n) is 1.14. The molecule has 0 radical (unpaired) electrons. The third kappa shape index (κ3) is 2.23. The van der Waals surface area contributed by atoms with E-state index >= 15 is 0 Å². The summed E-state index contributed by atoms with van der Waals surface area (Å²) in [6.07, 6.45) is 1.02. The molecule has 0 aromatic carbocycles. The Hall–Kier alpha value is -0.530. The molecule has 0 aromatic heterocycles. The Kier molecular flexibility index (Phi) is 2.19. The minimum Gasteiger partial charge on any atom is -0.480 e. The van der Waals surface area contributed by atoms with Crippen LogP contribution in [0.25, 0.3) is 0 Å². The Morgan fingerprint density at radius 3 is 2.25 bits per heavy atom. The van der Waals surface area contributed by atoms with Gasteiger partial charge in [0.05, 0.1) is 12.1 Å². The second-order valence-electron chi connectivity index (χ2n) is 5.08. The van der Waals surface area contributed by atoms with E-state index in [1.807, 2.05) is 0 Å². The summed E-state index contributed by atoms with van der Waals surface area (Å²) in [6.45, 7) is 11.5. The predicted octanol–water partition coefficient (Wildman–Crippen LogP) is 2.63. The fraction of sp³-hybridized carbons (Fsp3) is 0.900. The lowest BCUT2D eigenvalue weighted by Crippen LogP contribution is -2.35. The summed E-state index contributed by atoms with van der Waals surface area (Å²) >= 11 is 0. The van der Waals surface area contributed by atoms with Crippen LogP contribution in [-0.4, -0.2) is 18.0 Å². The van der Waals surface area contributed by atoms with Crippen molar-refractivity contribution in [3.63, 3.8) is 0 Å². The highest BCUT2D eigenvalue weighted by Gasteiger charge is 2.29. The van der Waals surface area contributed by atoms with Crippen molar-refractivity contribution < 1.29 is 4.74 Å². The molecule has 70 valence electrons. The monoisotopic (exact) mass is 169 g/mol. The van der Waals surface area contributed by atoms with Crippen molar-refractivity contribution in [3.05, 3.63) is 0 Å². The Labute approximate surface area is 75.0 Å². The zero-order valence-corrected chi connectivity index (χ0v) is 8.77. The summed E-state index contributed by atoms with van der Waals surface area (Å²) in [7, 11) is 0. The molecular weight excluding hydrogens is 150 g/mol. The largest absolute Gasteiger partial charge is 0.480 e. The quantitative estimate of drug-likeness (QED) is 0.546. The lowest BCUT2D eigenvalue weighted by molar-refractivity contribution is 0.199. The molecule has 1 aliphatic heterocycles. The van der Waals surface area contributed by atoms with E-state index in [1.165, 1.54) is 0 Å². The van der Waals surface area contributed by atoms with Crippen LogP contribution >= 0.6 is 0 Å². The molecule has 0 aromatic rings. The highest BCUT2D eigenvalue weighted by Crippen LogP contribution is 2.26. The van der Waals surface area contributed by atoms with Crippen molar-refractivity contribution >= 4 is 5.90 Å². The van der Waals surface area contributed by atoms with Gasteiger partial charge in [0, 0.05) is 11.8 Å². The van der Waals surface area contributed by atoms with Crippen molar-refractivity contribution in [1.29, 1.82) is 0 Å². The number of aliphatic imine (C=N–C) groups is 1. The first-order valence-electron chi connectivity index (χ1n) is 4.54. The van der Waals surface area contributed by atoms with E-state index in [-0.39, 0.29) is 11.0 Å². The maximum absolute atomic E-state index is 5.53. The molecule has 0 spiro atoms. The predicted molar refractivity (Wildman–Crippen MR) is 51.5 cm³/mol. The van der Waals surface area contributed by atoms with Gasteiger partial charge >= 0.3 is 0 Å². The lowest BCUT2D eigenvalue weighted by atomic mass is 9.93. The van der Waals surface area contributed by atoms with Gasteiger partial charge in [-0.1, -0.05) is 20.8 Å². The molecule has 0 amide bonds. The SMILES string of the molecule is CC1(C)CCOC(C(C)(C)C)=N1. The first-order valence-corrected chi connectivity index (χ1v) is 4.54. The topological polar surface area (TPSA) is 21.6 Å². The summed E-state index contributed by atoms with van der Waals surface area (Å²) in [5, 5.41) is 0. The Bertz CT molecular complexity index is 198. The standard InChI is InChI=1S/C10H19NO/c1-9(2,3)8-11-10(4,5)6-7-12-8/h6-7H2,1-5H3. The molecule has 0 bridgehead atoms. The Morgan fingerprint density at radius 1 is 1.33 bits per heavy atom. The van der Waals surface area contributed by atoms with E-state index in [9.17, 15) is 0 Å². The summed E-state index contributed by atoms with van der Waals surface area (Å²) in [5.41, 5.74) is 0.124. The van der Waals surface area contributed by atoms with Crippen molar-refractivity contribution in [3.8, 4) is 0 Å². The van der Waals surface area contributed by atoms with Crippen molar-refractivity contribution in [2.45, 2.75) is 46.6 Å². The lowest BCUT2D eigenvalue weighted by Gasteiger charge is -2.32. The fourth-order valence-corrected chi connectivity index (χ4v) is 1.14. The van der Waals surface area contributed by atoms with Crippen LogP contribution in [0.1, 0.15) is 41.0 Å². The van der Waals surface area contributed by atoms with Crippen molar-refractivity contribution in [2.24, 2.45) is 10.4 Å². The van der Waals surface area contributed by atoms with Gasteiger partial charge in [0.1, 0.15) is 0 Å². The zero-order valence-electron chi connectivity index (χ0n) is 8.77. The van der Waals surface area contributed by atoms with Gasteiger partial charge in [-0.15, -0.1) is 0 Å². The van der Waals surface area contributed by atoms with Crippen LogP contribution in [0.3, 0.4) is 0 Å². The van der Waals surface area contributed by atoms with Crippen molar-refractivity contribution in [1.82, 2.24) is 0 Å². The third-order valence-electron chi connectivity index (χ3n) is 2.00. The smallest absolute Gasteiger partial charge is 0.189 e. The molecule has 2 nitrogen and oxygen atoms in total. The minimum atomic E-state index is 0.0533. The maximum Gasteiger partial charge on any atom is 0.189 e. The van der Waals surface area contributed by atoms with Gasteiger partial charge in [-0.25, -0.2) is 4.99 Å². The van der Waals surface area contributed by atoms with Crippen LogP contribution in [0.15, 0.2) is 4.99 Å². The molecule has 0 N–H and O–H groups in total. The van der Waals surface area contributed by atoms with Crippen LogP contribution in [0.5, 0.6) is 0 Å². The molecule has 2 heteroatoms. The molecule has 0 saturated heterocycles. The van der Waals surface area contributed by atoms with Crippen LogP contribution in [-0.2, 0) is 4.74 Å². The molecule has 12 heavy (non-hydrogen) atoms. The van der Waals surface area contributed by atoms with E-state index in [0.717, 1.165) is 18.9 Å². The molecule has 0 unspecified atom stereocenters. The van der Waals surface area contributed by atoms with Gasteiger partial charge in [-0.3, -0.25) is 0 Å². The molecule has 0 fully saturated rings. The normalized spacial score (nSPS) is 22.9. The number of nitrogens with zero attached hydrogens (tertiary/aromatic N) is 1. The third-order valence-corrected chi connectivity index (χ3v) is 2.00. The van der Waals surface area contributed by atoms with Gasteiger partial charge < -0.3 is 4.74 Å². The Morgan fingerprint density at radius 2 is 1.92 bits per heavy atom. The Balaban J connectivity index is 2.85. The second-order valence-corrected chi connectivity index (χ2v) is 5.08. The van der Waals surface area contributed by atoms with E-state index in [0.29, 0.717) is 0 Å². The average Bonchev–Trinajstić information content (AvgIpc) is 1.83. The maximum atomic E-state index is 5.53. The van der Waals surface area contributed by atoms with Gasteiger partial charge in [-0.05, 0) is 13.8 Å². The highest BCUT2D eigenvalue weighted by atomic mass is 16.5. The summed E-state index contributed by atoms with van der Waals surface area (Å²) in [4.78, 5) is 4.58. The van der Waals surface area contributed by atoms with Crippen molar-refractivity contribution in [2.75, 3.05) is 6.61 Å². The minimum absolute atomic E-state index is 0.0533. The summed E-state index contributed by atoms with van der Waals surface area (Å²) in [5.74, 6) is 0.902. The number of ether oxygens (including phenoxy) is 1. The molecule has 1 heterocycles. The van der Waals surface area contributed by atoms with Gasteiger partial charge in [0.2, 0.25) is 0 Å². The van der Waals surface area contributed by atoms with E-state index in [2.05, 4.69) is 39.6 Å². The van der Waals surface area contributed by atoms with Gasteiger partial charge in [0.15, 0.2) is 5.90 Å². The van der Waals surface area contributed by atoms with Gasteiger partial charge in [0.25, 0.3) is 0 Å². The van der Waals surface area contributed by atoms with E-state index < -0.39 is 0 Å². The van der Waals surface area contributed by atoms with Crippen LogP contribution < -0.4 is 0 Å². The number of hydrogen-bond donors (Lipinski definition) is 0. The first kappa shape index (κ1) is 9.56.